The topological polar surface area (TPSA) is 42.7 Å². The van der Waals surface area contributed by atoms with Gasteiger partial charge in [0.05, 0.1) is 17.3 Å². The molecule has 25 heavy (non-hydrogen) atoms. The molecular formula is C18H17F3N4. The molecule has 0 aliphatic rings. The van der Waals surface area contributed by atoms with Gasteiger partial charge in [0.1, 0.15) is 0 Å². The molecule has 0 fully saturated rings. The summed E-state index contributed by atoms with van der Waals surface area (Å²) in [7, 11) is 1.82. The fourth-order valence-corrected chi connectivity index (χ4v) is 2.65. The third-order valence-corrected chi connectivity index (χ3v) is 3.97. The normalized spacial score (nSPS) is 13.0. The van der Waals surface area contributed by atoms with Gasteiger partial charge in [0, 0.05) is 32.2 Å². The minimum atomic E-state index is -4.38. The Bertz CT molecular complexity index is 828. The van der Waals surface area contributed by atoms with Crippen LogP contribution in [0.4, 0.5) is 13.2 Å². The van der Waals surface area contributed by atoms with E-state index in [9.17, 15) is 13.2 Å². The summed E-state index contributed by atoms with van der Waals surface area (Å²) in [5, 5.41) is 7.41. The first kappa shape index (κ1) is 17.2. The number of hydrogen-bond donors (Lipinski definition) is 1. The Hall–Kier alpha value is -2.67. The molecule has 0 spiro atoms. The zero-order chi connectivity index (χ0) is 17.9. The van der Waals surface area contributed by atoms with Crippen molar-refractivity contribution in [3.8, 4) is 0 Å². The Balaban J connectivity index is 1.93. The van der Waals surface area contributed by atoms with Gasteiger partial charge in [0.25, 0.3) is 0 Å². The first-order valence-corrected chi connectivity index (χ1v) is 7.72. The average Bonchev–Trinajstić information content (AvgIpc) is 3.01. The zero-order valence-corrected chi connectivity index (χ0v) is 13.5. The van der Waals surface area contributed by atoms with Crippen molar-refractivity contribution in [1.82, 2.24) is 20.1 Å². The SMILES string of the molecule is Cn1nccc1CN[C@H](c1cccnc1)c1cccc(C(F)(F)F)c1. The number of nitrogens with zero attached hydrogens (tertiary/aromatic N) is 3. The highest BCUT2D eigenvalue weighted by atomic mass is 19.4. The van der Waals surface area contributed by atoms with Crippen molar-refractivity contribution < 1.29 is 13.2 Å². The number of alkyl halides is 3. The molecule has 130 valence electrons. The molecular weight excluding hydrogens is 329 g/mol. The molecule has 0 saturated heterocycles. The number of benzene rings is 1. The molecule has 0 aliphatic heterocycles. The number of hydrogen-bond acceptors (Lipinski definition) is 3. The van der Waals surface area contributed by atoms with Crippen molar-refractivity contribution >= 4 is 0 Å². The van der Waals surface area contributed by atoms with E-state index in [1.807, 2.05) is 19.2 Å². The fraction of sp³-hybridized carbons (Fsp3) is 0.222. The highest BCUT2D eigenvalue weighted by Gasteiger charge is 2.31. The van der Waals surface area contributed by atoms with E-state index in [0.717, 1.165) is 17.3 Å². The van der Waals surface area contributed by atoms with Gasteiger partial charge < -0.3 is 5.32 Å². The van der Waals surface area contributed by atoms with Crippen LogP contribution in [-0.2, 0) is 19.8 Å². The number of rotatable bonds is 5. The van der Waals surface area contributed by atoms with Gasteiger partial charge in [-0.25, -0.2) is 0 Å². The molecule has 4 nitrogen and oxygen atoms in total. The Morgan fingerprint density at radius 1 is 1.08 bits per heavy atom. The number of aryl methyl sites for hydroxylation is 1. The van der Waals surface area contributed by atoms with Crippen molar-refractivity contribution in [2.45, 2.75) is 18.8 Å². The minimum Gasteiger partial charge on any atom is -0.301 e. The quantitative estimate of drug-likeness (QED) is 0.766. The highest BCUT2D eigenvalue weighted by Crippen LogP contribution is 2.32. The molecule has 7 heteroatoms. The van der Waals surface area contributed by atoms with E-state index in [1.165, 1.54) is 12.1 Å². The zero-order valence-electron chi connectivity index (χ0n) is 13.5. The van der Waals surface area contributed by atoms with Crippen LogP contribution < -0.4 is 5.32 Å². The highest BCUT2D eigenvalue weighted by molar-refractivity contribution is 5.34. The van der Waals surface area contributed by atoms with Crippen LogP contribution in [0.2, 0.25) is 0 Å². The van der Waals surface area contributed by atoms with Crippen molar-refractivity contribution in [2.75, 3.05) is 0 Å². The van der Waals surface area contributed by atoms with Crippen LogP contribution in [0.1, 0.15) is 28.4 Å². The summed E-state index contributed by atoms with van der Waals surface area (Å²) >= 11 is 0. The Labute approximate surface area is 143 Å². The van der Waals surface area contributed by atoms with Gasteiger partial charge in [-0.1, -0.05) is 18.2 Å². The van der Waals surface area contributed by atoms with Crippen molar-refractivity contribution in [2.24, 2.45) is 7.05 Å². The molecule has 1 aromatic carbocycles. The van der Waals surface area contributed by atoms with Crippen LogP contribution in [0.5, 0.6) is 0 Å². The van der Waals surface area contributed by atoms with Gasteiger partial charge in [-0.05, 0) is 35.4 Å². The Morgan fingerprint density at radius 2 is 1.88 bits per heavy atom. The van der Waals surface area contributed by atoms with Gasteiger partial charge in [0.15, 0.2) is 0 Å². The predicted octanol–water partition coefficient (Wildman–Crippen LogP) is 3.71. The van der Waals surface area contributed by atoms with Gasteiger partial charge in [0.2, 0.25) is 0 Å². The molecule has 0 bridgehead atoms. The van der Waals surface area contributed by atoms with Gasteiger partial charge in [-0.3, -0.25) is 9.67 Å². The average molecular weight is 346 g/mol. The first-order valence-electron chi connectivity index (χ1n) is 7.72. The Morgan fingerprint density at radius 3 is 2.52 bits per heavy atom. The molecule has 0 saturated carbocycles. The van der Waals surface area contributed by atoms with E-state index < -0.39 is 17.8 Å². The second kappa shape index (κ2) is 7.06. The molecule has 3 aromatic rings. The van der Waals surface area contributed by atoms with E-state index in [4.69, 9.17) is 0 Å². The smallest absolute Gasteiger partial charge is 0.301 e. The third-order valence-electron chi connectivity index (χ3n) is 3.97. The van der Waals surface area contributed by atoms with Crippen LogP contribution in [0.25, 0.3) is 0 Å². The summed E-state index contributed by atoms with van der Waals surface area (Å²) in [5.74, 6) is 0. The largest absolute Gasteiger partial charge is 0.416 e. The lowest BCUT2D eigenvalue weighted by molar-refractivity contribution is -0.137. The maximum Gasteiger partial charge on any atom is 0.416 e. The van der Waals surface area contributed by atoms with E-state index in [1.54, 1.807) is 35.4 Å². The molecule has 2 heterocycles. The number of aromatic nitrogens is 3. The lowest BCUT2D eigenvalue weighted by atomic mass is 9.98. The lowest BCUT2D eigenvalue weighted by Gasteiger charge is -2.21. The molecule has 0 unspecified atom stereocenters. The van der Waals surface area contributed by atoms with Gasteiger partial charge in [-0.15, -0.1) is 0 Å². The van der Waals surface area contributed by atoms with Crippen LogP contribution in [0.3, 0.4) is 0 Å². The molecule has 0 radical (unpaired) electrons. The third kappa shape index (κ3) is 4.06. The first-order chi connectivity index (χ1) is 11.9. The van der Waals surface area contributed by atoms with Crippen molar-refractivity contribution in [3.05, 3.63) is 83.4 Å². The van der Waals surface area contributed by atoms with Gasteiger partial charge >= 0.3 is 6.18 Å². The number of pyridine rings is 1. The number of halogens is 3. The lowest BCUT2D eigenvalue weighted by Crippen LogP contribution is -2.24. The standard InChI is InChI=1S/C18H17F3N4/c1-25-16(7-9-24-25)12-23-17(14-5-3-8-22-11-14)13-4-2-6-15(10-13)18(19,20)21/h2-11,17,23H,12H2,1H3/t17-/m0/s1. The second-order valence-corrected chi connectivity index (χ2v) is 5.67. The second-order valence-electron chi connectivity index (χ2n) is 5.67. The van der Waals surface area contributed by atoms with E-state index in [2.05, 4.69) is 15.4 Å². The molecule has 2 aromatic heterocycles. The molecule has 1 N–H and O–H groups in total. The van der Waals surface area contributed by atoms with E-state index in [-0.39, 0.29) is 0 Å². The fourth-order valence-electron chi connectivity index (χ4n) is 2.65. The maximum absolute atomic E-state index is 13.1. The monoisotopic (exact) mass is 346 g/mol. The summed E-state index contributed by atoms with van der Waals surface area (Å²) in [4.78, 5) is 4.09. The maximum atomic E-state index is 13.1. The Kier molecular flexibility index (Phi) is 4.85. The van der Waals surface area contributed by atoms with Crippen LogP contribution >= 0.6 is 0 Å². The van der Waals surface area contributed by atoms with Crippen LogP contribution in [0, 0.1) is 0 Å². The summed E-state index contributed by atoms with van der Waals surface area (Å²) in [6.45, 7) is 0.465. The van der Waals surface area contributed by atoms with E-state index >= 15 is 0 Å². The summed E-state index contributed by atoms with van der Waals surface area (Å²) in [5.41, 5.74) is 1.59. The molecule has 0 aliphatic carbocycles. The van der Waals surface area contributed by atoms with Crippen LogP contribution in [-0.4, -0.2) is 14.8 Å². The summed E-state index contributed by atoms with van der Waals surface area (Å²) in [6.07, 6.45) is 0.590. The molecule has 3 rings (SSSR count). The molecule has 1 atom stereocenters. The minimum absolute atomic E-state index is 0.411. The summed E-state index contributed by atoms with van der Waals surface area (Å²) in [6, 6.07) is 10.4. The van der Waals surface area contributed by atoms with Crippen LogP contribution in [0.15, 0.2) is 61.1 Å². The van der Waals surface area contributed by atoms with Gasteiger partial charge in [-0.2, -0.15) is 18.3 Å². The molecule has 0 amide bonds. The van der Waals surface area contributed by atoms with Crippen molar-refractivity contribution in [3.63, 3.8) is 0 Å². The summed E-state index contributed by atoms with van der Waals surface area (Å²) < 4.78 is 40.9. The van der Waals surface area contributed by atoms with E-state index in [0.29, 0.717) is 12.1 Å². The predicted molar refractivity (Wildman–Crippen MR) is 87.6 cm³/mol. The van der Waals surface area contributed by atoms with Crippen molar-refractivity contribution in [1.29, 1.82) is 0 Å². The number of nitrogens with one attached hydrogen (secondary N) is 1.